The molecule has 1 aliphatic heterocycles. The molecule has 1 saturated heterocycles. The average molecular weight is 262 g/mol. The number of nitrogens with zero attached hydrogens (tertiary/aromatic N) is 1. The predicted molar refractivity (Wildman–Crippen MR) is 75.3 cm³/mol. The number of aryl methyl sites for hydroxylation is 1. The Bertz CT molecular complexity index is 428. The molecule has 0 aliphatic carbocycles. The third-order valence-electron chi connectivity index (χ3n) is 3.26. The van der Waals surface area contributed by atoms with Crippen molar-refractivity contribution in [2.24, 2.45) is 0 Å². The van der Waals surface area contributed by atoms with Crippen molar-refractivity contribution in [3.8, 4) is 5.75 Å². The van der Waals surface area contributed by atoms with E-state index < -0.39 is 0 Å². The molecule has 0 bridgehead atoms. The molecule has 0 radical (unpaired) electrons. The molecular weight excluding hydrogens is 240 g/mol. The van der Waals surface area contributed by atoms with E-state index in [2.05, 4.69) is 5.32 Å². The molecule has 1 N–H and O–H groups in total. The highest BCUT2D eigenvalue weighted by Crippen LogP contribution is 2.15. The van der Waals surface area contributed by atoms with Gasteiger partial charge < -0.3 is 15.0 Å². The normalized spacial score (nSPS) is 17.1. The zero-order chi connectivity index (χ0) is 13.7. The van der Waals surface area contributed by atoms with E-state index in [9.17, 15) is 4.79 Å². The van der Waals surface area contributed by atoms with Crippen LogP contribution in [0.2, 0.25) is 0 Å². The number of nitrogens with one attached hydrogen (secondary N) is 1. The Labute approximate surface area is 114 Å². The van der Waals surface area contributed by atoms with Gasteiger partial charge in [0.15, 0.2) is 0 Å². The molecule has 0 aromatic heterocycles. The molecule has 1 aliphatic rings. The van der Waals surface area contributed by atoms with Gasteiger partial charge in [-0.3, -0.25) is 4.79 Å². The van der Waals surface area contributed by atoms with E-state index in [1.54, 1.807) is 0 Å². The number of ether oxygens (including phenoxy) is 1. The summed E-state index contributed by atoms with van der Waals surface area (Å²) in [5.74, 6) is 1.02. The highest BCUT2D eigenvalue weighted by Gasteiger charge is 2.19. The minimum atomic E-state index is -0.0933. The first-order chi connectivity index (χ1) is 9.15. The third kappa shape index (κ3) is 4.24. The molecule has 1 amide bonds. The second-order valence-electron chi connectivity index (χ2n) is 5.08. The molecule has 1 heterocycles. The summed E-state index contributed by atoms with van der Waals surface area (Å²) in [6, 6.07) is 7.92. The number of hydrogen-bond donors (Lipinski definition) is 1. The van der Waals surface area contributed by atoms with Gasteiger partial charge in [0.2, 0.25) is 5.91 Å². The summed E-state index contributed by atoms with van der Waals surface area (Å²) >= 11 is 0. The van der Waals surface area contributed by atoms with Gasteiger partial charge in [0.05, 0.1) is 6.42 Å². The predicted octanol–water partition coefficient (Wildman–Crippen LogP) is 1.58. The van der Waals surface area contributed by atoms with Gasteiger partial charge in [-0.2, -0.15) is 0 Å². The minimum absolute atomic E-state index is 0.0933. The summed E-state index contributed by atoms with van der Waals surface area (Å²) in [5, 5.41) is 3.24. The summed E-state index contributed by atoms with van der Waals surface area (Å²) in [4.78, 5) is 14.0. The molecule has 0 saturated carbocycles. The Morgan fingerprint density at radius 1 is 1.42 bits per heavy atom. The molecule has 4 heteroatoms. The largest absolute Gasteiger partial charge is 0.490 e. The van der Waals surface area contributed by atoms with Gasteiger partial charge in [0.25, 0.3) is 0 Å². The fraction of sp³-hybridized carbons (Fsp3) is 0.533. The van der Waals surface area contributed by atoms with Crippen molar-refractivity contribution in [3.05, 3.63) is 29.8 Å². The van der Waals surface area contributed by atoms with E-state index in [-0.39, 0.29) is 12.0 Å². The first-order valence-corrected chi connectivity index (χ1v) is 6.87. The van der Waals surface area contributed by atoms with Crippen molar-refractivity contribution >= 4 is 5.91 Å². The monoisotopic (exact) mass is 262 g/mol. The van der Waals surface area contributed by atoms with Crippen LogP contribution >= 0.6 is 0 Å². The van der Waals surface area contributed by atoms with Crippen LogP contribution in [0, 0.1) is 6.92 Å². The average Bonchev–Trinajstić information content (AvgIpc) is 2.39. The van der Waals surface area contributed by atoms with Gasteiger partial charge in [-0.05, 0) is 31.5 Å². The van der Waals surface area contributed by atoms with Crippen LogP contribution in [0.15, 0.2) is 24.3 Å². The molecule has 1 aromatic carbocycles. The van der Waals surface area contributed by atoms with Crippen LogP contribution in [0.4, 0.5) is 0 Å². The van der Waals surface area contributed by atoms with Crippen LogP contribution in [-0.2, 0) is 4.79 Å². The van der Waals surface area contributed by atoms with Crippen molar-refractivity contribution in [1.82, 2.24) is 10.2 Å². The van der Waals surface area contributed by atoms with E-state index in [1.165, 1.54) is 0 Å². The maximum atomic E-state index is 12.1. The van der Waals surface area contributed by atoms with Crippen molar-refractivity contribution in [1.29, 1.82) is 0 Å². The lowest BCUT2D eigenvalue weighted by Crippen LogP contribution is -2.47. The molecule has 104 valence electrons. The van der Waals surface area contributed by atoms with Crippen LogP contribution in [0.25, 0.3) is 0 Å². The Kier molecular flexibility index (Phi) is 4.80. The number of piperazine rings is 1. The summed E-state index contributed by atoms with van der Waals surface area (Å²) in [7, 11) is 0. The Morgan fingerprint density at radius 2 is 2.16 bits per heavy atom. The lowest BCUT2D eigenvalue weighted by atomic mass is 10.2. The number of rotatable bonds is 4. The number of hydrogen-bond acceptors (Lipinski definition) is 3. The van der Waals surface area contributed by atoms with Gasteiger partial charge >= 0.3 is 0 Å². The fourth-order valence-corrected chi connectivity index (χ4v) is 2.25. The van der Waals surface area contributed by atoms with E-state index in [0.29, 0.717) is 6.42 Å². The maximum Gasteiger partial charge on any atom is 0.226 e. The Balaban J connectivity index is 1.83. The standard InChI is InChI=1S/C15H22N2O2/c1-12-4-3-5-14(10-12)19-13(2)11-15(18)17-8-6-16-7-9-17/h3-5,10,13,16H,6-9,11H2,1-2H3. The summed E-state index contributed by atoms with van der Waals surface area (Å²) in [5.41, 5.74) is 1.16. The van der Waals surface area contributed by atoms with Gasteiger partial charge in [-0.1, -0.05) is 12.1 Å². The number of benzene rings is 1. The molecule has 19 heavy (non-hydrogen) atoms. The maximum absolute atomic E-state index is 12.1. The van der Waals surface area contributed by atoms with Crippen LogP contribution in [0.5, 0.6) is 5.75 Å². The minimum Gasteiger partial charge on any atom is -0.490 e. The van der Waals surface area contributed by atoms with Crippen LogP contribution in [0.3, 0.4) is 0 Å². The van der Waals surface area contributed by atoms with E-state index in [0.717, 1.165) is 37.5 Å². The van der Waals surface area contributed by atoms with Crippen molar-refractivity contribution < 1.29 is 9.53 Å². The molecule has 1 aromatic rings. The quantitative estimate of drug-likeness (QED) is 0.896. The topological polar surface area (TPSA) is 41.6 Å². The van der Waals surface area contributed by atoms with Gasteiger partial charge in [-0.25, -0.2) is 0 Å². The molecule has 1 atom stereocenters. The summed E-state index contributed by atoms with van der Waals surface area (Å²) in [6.07, 6.45) is 0.345. The van der Waals surface area contributed by atoms with Crippen LogP contribution < -0.4 is 10.1 Å². The molecule has 0 spiro atoms. The highest BCUT2D eigenvalue weighted by molar-refractivity contribution is 5.76. The van der Waals surface area contributed by atoms with E-state index >= 15 is 0 Å². The van der Waals surface area contributed by atoms with Crippen LogP contribution in [0.1, 0.15) is 18.9 Å². The zero-order valence-corrected chi connectivity index (χ0v) is 11.7. The zero-order valence-electron chi connectivity index (χ0n) is 11.7. The number of carbonyl (C=O) groups is 1. The number of carbonyl (C=O) groups excluding carboxylic acids is 1. The summed E-state index contributed by atoms with van der Waals surface area (Å²) < 4.78 is 5.79. The van der Waals surface area contributed by atoms with E-state index in [1.807, 2.05) is 43.0 Å². The van der Waals surface area contributed by atoms with Gasteiger partial charge in [-0.15, -0.1) is 0 Å². The SMILES string of the molecule is Cc1cccc(OC(C)CC(=O)N2CCNCC2)c1. The molecule has 1 unspecified atom stereocenters. The molecular formula is C15H22N2O2. The van der Waals surface area contributed by atoms with Gasteiger partial charge in [0, 0.05) is 26.2 Å². The smallest absolute Gasteiger partial charge is 0.226 e. The summed E-state index contributed by atoms with van der Waals surface area (Å²) in [6.45, 7) is 7.36. The van der Waals surface area contributed by atoms with Crippen molar-refractivity contribution in [2.45, 2.75) is 26.4 Å². The number of amides is 1. The van der Waals surface area contributed by atoms with E-state index in [4.69, 9.17) is 4.74 Å². The highest BCUT2D eigenvalue weighted by atomic mass is 16.5. The first-order valence-electron chi connectivity index (χ1n) is 6.87. The van der Waals surface area contributed by atoms with Gasteiger partial charge in [0.1, 0.15) is 11.9 Å². The Morgan fingerprint density at radius 3 is 2.84 bits per heavy atom. The molecule has 1 fully saturated rings. The Hall–Kier alpha value is -1.55. The fourth-order valence-electron chi connectivity index (χ4n) is 2.25. The lowest BCUT2D eigenvalue weighted by Gasteiger charge is -2.28. The van der Waals surface area contributed by atoms with Crippen molar-refractivity contribution in [2.75, 3.05) is 26.2 Å². The third-order valence-corrected chi connectivity index (χ3v) is 3.26. The van der Waals surface area contributed by atoms with Crippen molar-refractivity contribution in [3.63, 3.8) is 0 Å². The second kappa shape index (κ2) is 6.57. The second-order valence-corrected chi connectivity index (χ2v) is 5.08. The first kappa shape index (κ1) is 13.9. The molecule has 4 nitrogen and oxygen atoms in total. The lowest BCUT2D eigenvalue weighted by molar-refractivity contribution is -0.133. The van der Waals surface area contributed by atoms with Crippen LogP contribution in [-0.4, -0.2) is 43.1 Å². The molecule has 2 rings (SSSR count).